The molecule has 4 heteroatoms. The van der Waals surface area contributed by atoms with Crippen molar-refractivity contribution in [2.75, 3.05) is 13.6 Å². The van der Waals surface area contributed by atoms with Gasteiger partial charge in [0.2, 0.25) is 5.91 Å². The van der Waals surface area contributed by atoms with E-state index in [2.05, 4.69) is 30.2 Å². The van der Waals surface area contributed by atoms with Crippen molar-refractivity contribution in [2.45, 2.75) is 46.2 Å². The molecule has 1 amide bonds. The van der Waals surface area contributed by atoms with E-state index in [-0.39, 0.29) is 11.9 Å². The first-order valence-electron chi connectivity index (χ1n) is 6.96. The smallest absolute Gasteiger partial charge is 0.234 e. The molecule has 0 spiro atoms. The van der Waals surface area contributed by atoms with Gasteiger partial charge in [-0.2, -0.15) is 0 Å². The molecule has 0 aliphatic heterocycles. The molecule has 0 aromatic carbocycles. The maximum atomic E-state index is 11.7. The second-order valence-electron chi connectivity index (χ2n) is 5.06. The Balaban J connectivity index is 2.41. The highest BCUT2D eigenvalue weighted by Crippen LogP contribution is 2.03. The summed E-state index contributed by atoms with van der Waals surface area (Å²) >= 11 is 0. The molecule has 19 heavy (non-hydrogen) atoms. The van der Waals surface area contributed by atoms with Crippen molar-refractivity contribution in [3.05, 3.63) is 29.6 Å². The Morgan fingerprint density at radius 2 is 2.16 bits per heavy atom. The Morgan fingerprint density at radius 1 is 1.42 bits per heavy atom. The van der Waals surface area contributed by atoms with Crippen LogP contribution in [-0.2, 0) is 17.8 Å². The molecule has 1 atom stereocenters. The van der Waals surface area contributed by atoms with Crippen LogP contribution in [0.25, 0.3) is 0 Å². The Hall–Kier alpha value is -1.42. The number of carbonyl (C=O) groups is 1. The van der Waals surface area contributed by atoms with E-state index in [1.54, 1.807) is 0 Å². The molecule has 0 saturated carbocycles. The number of aromatic nitrogens is 1. The fourth-order valence-corrected chi connectivity index (χ4v) is 1.76. The van der Waals surface area contributed by atoms with E-state index in [4.69, 9.17) is 0 Å². The normalized spacial score (nSPS) is 12.5. The van der Waals surface area contributed by atoms with Gasteiger partial charge < -0.3 is 5.32 Å². The van der Waals surface area contributed by atoms with Gasteiger partial charge >= 0.3 is 0 Å². The number of carbonyl (C=O) groups excluding carboxylic acids is 1. The molecule has 1 aromatic rings. The van der Waals surface area contributed by atoms with Gasteiger partial charge in [0.05, 0.1) is 12.2 Å². The van der Waals surface area contributed by atoms with Crippen molar-refractivity contribution >= 4 is 5.91 Å². The zero-order valence-electron chi connectivity index (χ0n) is 12.4. The topological polar surface area (TPSA) is 45.2 Å². The van der Waals surface area contributed by atoms with Crippen LogP contribution in [-0.4, -0.2) is 35.4 Å². The van der Waals surface area contributed by atoms with Crippen LogP contribution in [0.5, 0.6) is 0 Å². The quantitative estimate of drug-likeness (QED) is 0.818. The van der Waals surface area contributed by atoms with E-state index < -0.39 is 0 Å². The molecular weight excluding hydrogens is 238 g/mol. The van der Waals surface area contributed by atoms with E-state index >= 15 is 0 Å². The molecule has 1 aromatic heterocycles. The second-order valence-corrected chi connectivity index (χ2v) is 5.06. The van der Waals surface area contributed by atoms with Gasteiger partial charge in [-0.25, -0.2) is 0 Å². The number of aryl methyl sites for hydroxylation is 1. The van der Waals surface area contributed by atoms with Crippen LogP contribution in [0.1, 0.15) is 38.4 Å². The van der Waals surface area contributed by atoms with E-state index in [0.717, 1.165) is 18.5 Å². The largest absolute Gasteiger partial charge is 0.353 e. The summed E-state index contributed by atoms with van der Waals surface area (Å²) < 4.78 is 0. The first kappa shape index (κ1) is 15.6. The average molecular weight is 263 g/mol. The Morgan fingerprint density at radius 3 is 2.68 bits per heavy atom. The predicted molar refractivity (Wildman–Crippen MR) is 77.8 cm³/mol. The molecule has 0 aliphatic carbocycles. The summed E-state index contributed by atoms with van der Waals surface area (Å²) in [4.78, 5) is 18.1. The summed E-state index contributed by atoms with van der Waals surface area (Å²) in [5.41, 5.74) is 2.23. The van der Waals surface area contributed by atoms with Gasteiger partial charge in [0.25, 0.3) is 0 Å². The van der Waals surface area contributed by atoms with Crippen LogP contribution in [0.15, 0.2) is 18.3 Å². The van der Waals surface area contributed by atoms with E-state index in [1.807, 2.05) is 31.1 Å². The van der Waals surface area contributed by atoms with Gasteiger partial charge in [-0.15, -0.1) is 0 Å². The molecule has 106 valence electrons. The van der Waals surface area contributed by atoms with Crippen molar-refractivity contribution in [2.24, 2.45) is 0 Å². The number of pyridine rings is 1. The van der Waals surface area contributed by atoms with Crippen LogP contribution in [0.2, 0.25) is 0 Å². The van der Waals surface area contributed by atoms with Crippen molar-refractivity contribution in [3.63, 3.8) is 0 Å². The summed E-state index contributed by atoms with van der Waals surface area (Å²) in [7, 11) is 1.94. The lowest BCUT2D eigenvalue weighted by Crippen LogP contribution is -2.39. The summed E-state index contributed by atoms with van der Waals surface area (Å²) in [6.07, 6.45) is 3.86. The van der Waals surface area contributed by atoms with Crippen molar-refractivity contribution in [1.29, 1.82) is 0 Å². The van der Waals surface area contributed by atoms with Crippen LogP contribution >= 0.6 is 0 Å². The number of nitrogens with zero attached hydrogens (tertiary/aromatic N) is 2. The Labute approximate surface area is 116 Å². The van der Waals surface area contributed by atoms with Gasteiger partial charge in [0, 0.05) is 18.8 Å². The van der Waals surface area contributed by atoms with Crippen molar-refractivity contribution in [1.82, 2.24) is 15.2 Å². The number of rotatable bonds is 7. The Kier molecular flexibility index (Phi) is 6.50. The zero-order chi connectivity index (χ0) is 14.3. The van der Waals surface area contributed by atoms with Crippen LogP contribution in [0.4, 0.5) is 0 Å². The maximum Gasteiger partial charge on any atom is 0.234 e. The van der Waals surface area contributed by atoms with Crippen LogP contribution in [0, 0.1) is 0 Å². The van der Waals surface area contributed by atoms with Gasteiger partial charge in [0.1, 0.15) is 0 Å². The number of amides is 1. The second kappa shape index (κ2) is 7.89. The third-order valence-corrected chi connectivity index (χ3v) is 3.16. The molecule has 1 N–H and O–H groups in total. The lowest BCUT2D eigenvalue weighted by atomic mass is 10.2. The van der Waals surface area contributed by atoms with Crippen molar-refractivity contribution in [3.8, 4) is 0 Å². The van der Waals surface area contributed by atoms with Crippen LogP contribution in [0.3, 0.4) is 0 Å². The lowest BCUT2D eigenvalue weighted by molar-refractivity contribution is -0.122. The van der Waals surface area contributed by atoms with Gasteiger partial charge in [-0.1, -0.05) is 19.9 Å². The number of hydrogen-bond donors (Lipinski definition) is 1. The molecule has 1 rings (SSSR count). The third kappa shape index (κ3) is 5.83. The molecule has 0 bridgehead atoms. The van der Waals surface area contributed by atoms with E-state index in [0.29, 0.717) is 13.1 Å². The highest BCUT2D eigenvalue weighted by atomic mass is 16.2. The monoisotopic (exact) mass is 263 g/mol. The summed E-state index contributed by atoms with van der Waals surface area (Å²) in [5, 5.41) is 2.96. The first-order chi connectivity index (χ1) is 9.05. The number of nitrogens with one attached hydrogen (secondary N) is 1. The minimum atomic E-state index is 0.0713. The minimum absolute atomic E-state index is 0.0713. The highest BCUT2D eigenvalue weighted by Gasteiger charge is 2.09. The first-order valence-corrected chi connectivity index (χ1v) is 6.96. The van der Waals surface area contributed by atoms with E-state index in [1.165, 1.54) is 5.56 Å². The minimum Gasteiger partial charge on any atom is -0.353 e. The van der Waals surface area contributed by atoms with E-state index in [9.17, 15) is 4.79 Å². The maximum absolute atomic E-state index is 11.7. The zero-order valence-corrected chi connectivity index (χ0v) is 12.4. The Bertz CT molecular complexity index is 389. The highest BCUT2D eigenvalue weighted by molar-refractivity contribution is 5.78. The average Bonchev–Trinajstić information content (AvgIpc) is 2.39. The molecular formula is C15H25N3O. The number of likely N-dealkylation sites (N-methyl/N-ethyl adjacent to an activating group) is 1. The SMILES string of the molecule is CCc1ccc(CN(C)CC(=O)NC(C)CC)nc1. The third-order valence-electron chi connectivity index (χ3n) is 3.16. The summed E-state index contributed by atoms with van der Waals surface area (Å²) in [5.74, 6) is 0.0713. The standard InChI is InChI=1S/C15H25N3O/c1-5-12(3)17-15(19)11-18(4)10-14-8-7-13(6-2)9-16-14/h7-9,12H,5-6,10-11H2,1-4H3,(H,17,19). The summed E-state index contributed by atoms with van der Waals surface area (Å²) in [6, 6.07) is 4.36. The van der Waals surface area contributed by atoms with Gasteiger partial charge in [-0.3, -0.25) is 14.7 Å². The summed E-state index contributed by atoms with van der Waals surface area (Å²) in [6.45, 7) is 7.29. The van der Waals surface area contributed by atoms with Gasteiger partial charge in [-0.05, 0) is 38.4 Å². The molecule has 0 aliphatic rings. The molecule has 0 radical (unpaired) electrons. The predicted octanol–water partition coefficient (Wildman–Crippen LogP) is 1.99. The number of hydrogen-bond acceptors (Lipinski definition) is 3. The molecule has 0 saturated heterocycles. The molecule has 1 unspecified atom stereocenters. The fourth-order valence-electron chi connectivity index (χ4n) is 1.76. The van der Waals surface area contributed by atoms with Crippen LogP contribution < -0.4 is 5.32 Å². The molecule has 1 heterocycles. The van der Waals surface area contributed by atoms with Crippen molar-refractivity contribution < 1.29 is 4.79 Å². The lowest BCUT2D eigenvalue weighted by Gasteiger charge is -2.18. The van der Waals surface area contributed by atoms with Gasteiger partial charge in [0.15, 0.2) is 0 Å². The molecule has 0 fully saturated rings. The fraction of sp³-hybridized carbons (Fsp3) is 0.600. The molecule has 4 nitrogen and oxygen atoms in total.